The molecular weight excluding hydrogens is 330 g/mol. The van der Waals surface area contributed by atoms with Crippen molar-refractivity contribution in [3.8, 4) is 11.1 Å². The summed E-state index contributed by atoms with van der Waals surface area (Å²) in [6, 6.07) is 16.2. The van der Waals surface area contributed by atoms with Crippen LogP contribution >= 0.6 is 0 Å². The van der Waals surface area contributed by atoms with E-state index >= 15 is 0 Å². The Morgan fingerprint density at radius 3 is 2.54 bits per heavy atom. The zero-order valence-corrected chi connectivity index (χ0v) is 14.6. The highest BCUT2D eigenvalue weighted by Gasteiger charge is 2.35. The molecule has 1 heterocycles. The van der Waals surface area contributed by atoms with E-state index in [1.165, 1.54) is 11.9 Å². The fraction of sp³-hybridized carbons (Fsp3) is 0.250. The number of carbonyl (C=O) groups is 3. The minimum Gasteiger partial charge on any atom is -0.359 e. The molecule has 2 aromatic carbocycles. The molecular formula is C20H21N3O3. The predicted molar refractivity (Wildman–Crippen MR) is 98.4 cm³/mol. The van der Waals surface area contributed by atoms with Gasteiger partial charge in [-0.2, -0.15) is 0 Å². The summed E-state index contributed by atoms with van der Waals surface area (Å²) in [4.78, 5) is 38.8. The second kappa shape index (κ2) is 7.82. The molecule has 1 aliphatic heterocycles. The fourth-order valence-corrected chi connectivity index (χ4v) is 3.13. The van der Waals surface area contributed by atoms with Crippen LogP contribution in [0.2, 0.25) is 0 Å². The lowest BCUT2D eigenvalue weighted by Gasteiger charge is -2.35. The molecule has 6 nitrogen and oxygen atoms in total. The van der Waals surface area contributed by atoms with Gasteiger partial charge in [0.25, 0.3) is 5.91 Å². The molecule has 3 rings (SSSR count). The first-order valence-corrected chi connectivity index (χ1v) is 8.55. The normalized spacial score (nSPS) is 16.7. The van der Waals surface area contributed by atoms with E-state index in [4.69, 9.17) is 0 Å². The van der Waals surface area contributed by atoms with Crippen LogP contribution in [-0.4, -0.2) is 48.8 Å². The van der Waals surface area contributed by atoms with Gasteiger partial charge in [-0.05, 0) is 17.2 Å². The molecule has 0 aromatic heterocycles. The van der Waals surface area contributed by atoms with Gasteiger partial charge in [-0.25, -0.2) is 0 Å². The zero-order chi connectivity index (χ0) is 18.5. The lowest BCUT2D eigenvalue weighted by molar-refractivity contribution is -0.132. The first-order chi connectivity index (χ1) is 12.6. The van der Waals surface area contributed by atoms with E-state index in [2.05, 4.69) is 10.6 Å². The number of piperazine rings is 1. The minimum absolute atomic E-state index is 0.0540. The highest BCUT2D eigenvalue weighted by molar-refractivity contribution is 6.04. The average molecular weight is 351 g/mol. The third-order valence-electron chi connectivity index (χ3n) is 4.49. The monoisotopic (exact) mass is 351 g/mol. The van der Waals surface area contributed by atoms with Crippen molar-refractivity contribution in [1.29, 1.82) is 0 Å². The van der Waals surface area contributed by atoms with Crippen molar-refractivity contribution in [3.63, 3.8) is 0 Å². The Hall–Kier alpha value is -3.15. The molecule has 0 bridgehead atoms. The first-order valence-electron chi connectivity index (χ1n) is 8.55. The van der Waals surface area contributed by atoms with E-state index in [1.807, 2.05) is 42.5 Å². The maximum absolute atomic E-state index is 13.2. The van der Waals surface area contributed by atoms with E-state index in [-0.39, 0.29) is 24.1 Å². The van der Waals surface area contributed by atoms with E-state index in [0.717, 1.165) is 11.1 Å². The molecule has 6 heteroatoms. The summed E-state index contributed by atoms with van der Waals surface area (Å²) < 4.78 is 0. The summed E-state index contributed by atoms with van der Waals surface area (Å²) in [7, 11) is 1.51. The molecule has 1 saturated heterocycles. The third-order valence-corrected chi connectivity index (χ3v) is 4.49. The Morgan fingerprint density at radius 2 is 1.81 bits per heavy atom. The van der Waals surface area contributed by atoms with Crippen LogP contribution in [0.15, 0.2) is 54.6 Å². The van der Waals surface area contributed by atoms with Crippen molar-refractivity contribution in [2.75, 3.05) is 20.1 Å². The summed E-state index contributed by atoms with van der Waals surface area (Å²) in [6.45, 7) is 0.748. The van der Waals surface area contributed by atoms with Gasteiger partial charge in [-0.1, -0.05) is 48.5 Å². The van der Waals surface area contributed by atoms with Gasteiger partial charge < -0.3 is 15.5 Å². The van der Waals surface area contributed by atoms with Gasteiger partial charge in [0.1, 0.15) is 6.04 Å². The van der Waals surface area contributed by atoms with Crippen molar-refractivity contribution in [3.05, 3.63) is 60.2 Å². The van der Waals surface area contributed by atoms with Crippen LogP contribution in [0.1, 0.15) is 16.8 Å². The van der Waals surface area contributed by atoms with E-state index in [0.29, 0.717) is 18.7 Å². The quantitative estimate of drug-likeness (QED) is 0.875. The molecule has 0 unspecified atom stereocenters. The van der Waals surface area contributed by atoms with Crippen LogP contribution in [0.25, 0.3) is 11.1 Å². The van der Waals surface area contributed by atoms with Gasteiger partial charge in [0.15, 0.2) is 0 Å². The number of amides is 3. The first kappa shape index (κ1) is 17.7. The second-order valence-corrected chi connectivity index (χ2v) is 6.09. The molecule has 3 amide bonds. The number of hydrogen-bond acceptors (Lipinski definition) is 3. The van der Waals surface area contributed by atoms with Crippen molar-refractivity contribution in [1.82, 2.24) is 15.5 Å². The number of rotatable bonds is 4. The molecule has 0 saturated carbocycles. The highest BCUT2D eigenvalue weighted by atomic mass is 16.2. The Kier molecular flexibility index (Phi) is 5.31. The molecule has 2 aromatic rings. The van der Waals surface area contributed by atoms with Gasteiger partial charge in [-0.3, -0.25) is 14.4 Å². The largest absolute Gasteiger partial charge is 0.359 e. The summed E-state index contributed by atoms with van der Waals surface area (Å²) in [5.74, 6) is -0.820. The van der Waals surface area contributed by atoms with Crippen LogP contribution in [-0.2, 0) is 9.59 Å². The van der Waals surface area contributed by atoms with Crippen LogP contribution in [0.5, 0.6) is 0 Å². The van der Waals surface area contributed by atoms with Crippen molar-refractivity contribution >= 4 is 17.7 Å². The SMILES string of the molecule is CNC(=O)C[C@@H]1C(=O)NCCN1C(=O)c1ccccc1-c1ccccc1. The van der Waals surface area contributed by atoms with Crippen LogP contribution in [0.3, 0.4) is 0 Å². The maximum atomic E-state index is 13.2. The molecule has 0 aliphatic carbocycles. The number of carbonyl (C=O) groups excluding carboxylic acids is 3. The van der Waals surface area contributed by atoms with Gasteiger partial charge in [0, 0.05) is 25.7 Å². The Labute approximate surface area is 152 Å². The summed E-state index contributed by atoms with van der Waals surface area (Å²) in [6.07, 6.45) is -0.0540. The summed E-state index contributed by atoms with van der Waals surface area (Å²) in [5.41, 5.74) is 2.26. The maximum Gasteiger partial charge on any atom is 0.255 e. The van der Waals surface area contributed by atoms with Crippen molar-refractivity contribution in [2.45, 2.75) is 12.5 Å². The third kappa shape index (κ3) is 3.59. The smallest absolute Gasteiger partial charge is 0.255 e. The summed E-state index contributed by atoms with van der Waals surface area (Å²) in [5, 5.41) is 5.24. The van der Waals surface area contributed by atoms with Crippen LogP contribution in [0, 0.1) is 0 Å². The van der Waals surface area contributed by atoms with Gasteiger partial charge in [0.05, 0.1) is 6.42 Å². The van der Waals surface area contributed by atoms with E-state index in [9.17, 15) is 14.4 Å². The van der Waals surface area contributed by atoms with Gasteiger partial charge in [-0.15, -0.1) is 0 Å². The molecule has 26 heavy (non-hydrogen) atoms. The van der Waals surface area contributed by atoms with Gasteiger partial charge in [0.2, 0.25) is 11.8 Å². The van der Waals surface area contributed by atoms with E-state index in [1.54, 1.807) is 12.1 Å². The molecule has 1 fully saturated rings. The van der Waals surface area contributed by atoms with Crippen molar-refractivity contribution in [2.24, 2.45) is 0 Å². The zero-order valence-electron chi connectivity index (χ0n) is 14.6. The molecule has 1 atom stereocenters. The number of nitrogens with zero attached hydrogens (tertiary/aromatic N) is 1. The Balaban J connectivity index is 1.95. The fourth-order valence-electron chi connectivity index (χ4n) is 3.13. The molecule has 2 N–H and O–H groups in total. The highest BCUT2D eigenvalue weighted by Crippen LogP contribution is 2.26. The minimum atomic E-state index is -0.806. The standard InChI is InChI=1S/C20H21N3O3/c1-21-18(24)13-17-19(25)22-11-12-23(17)20(26)16-10-6-5-9-15(16)14-7-3-2-4-8-14/h2-10,17H,11-13H2,1H3,(H,21,24)(H,22,25)/t17-/m1/s1. The molecule has 134 valence electrons. The second-order valence-electron chi connectivity index (χ2n) is 6.09. The number of hydrogen-bond donors (Lipinski definition) is 2. The Morgan fingerprint density at radius 1 is 1.12 bits per heavy atom. The lowest BCUT2D eigenvalue weighted by atomic mass is 9.97. The number of benzene rings is 2. The van der Waals surface area contributed by atoms with Gasteiger partial charge >= 0.3 is 0 Å². The average Bonchev–Trinajstić information content (AvgIpc) is 2.69. The summed E-state index contributed by atoms with van der Waals surface area (Å²) >= 11 is 0. The van der Waals surface area contributed by atoms with E-state index < -0.39 is 6.04 Å². The molecule has 1 aliphatic rings. The lowest BCUT2D eigenvalue weighted by Crippen LogP contribution is -2.58. The topological polar surface area (TPSA) is 78.5 Å². The Bertz CT molecular complexity index is 820. The predicted octanol–water partition coefficient (Wildman–Crippen LogP) is 1.43. The van der Waals surface area contributed by atoms with Crippen LogP contribution < -0.4 is 10.6 Å². The number of nitrogens with one attached hydrogen (secondary N) is 2. The van der Waals surface area contributed by atoms with Crippen molar-refractivity contribution < 1.29 is 14.4 Å². The van der Waals surface area contributed by atoms with Crippen LogP contribution in [0.4, 0.5) is 0 Å². The molecule has 0 spiro atoms. The molecule has 0 radical (unpaired) electrons.